The van der Waals surface area contributed by atoms with Crippen LogP contribution in [0.2, 0.25) is 0 Å². The number of aromatic nitrogens is 1. The molecule has 2 atom stereocenters. The van der Waals surface area contributed by atoms with Crippen molar-refractivity contribution in [3.8, 4) is 5.75 Å². The number of fused-ring (bicyclic) bond motifs is 2. The number of nitrogens with one attached hydrogen (secondary N) is 1. The van der Waals surface area contributed by atoms with Crippen molar-refractivity contribution in [2.75, 3.05) is 0 Å². The zero-order chi connectivity index (χ0) is 16.4. The number of hydrogen-bond acceptors (Lipinski definition) is 4. The Balaban J connectivity index is 0.00000156. The van der Waals surface area contributed by atoms with E-state index in [9.17, 15) is 4.79 Å². The first-order valence-electron chi connectivity index (χ1n) is 8.72. The van der Waals surface area contributed by atoms with Crippen molar-refractivity contribution < 1.29 is 9.53 Å². The fraction of sp³-hybridized carbons (Fsp3) is 0.667. The molecule has 2 fully saturated rings. The molecule has 3 N–H and O–H groups in total. The highest BCUT2D eigenvalue weighted by Gasteiger charge is 2.40. The third-order valence-electron chi connectivity index (χ3n) is 5.02. The summed E-state index contributed by atoms with van der Waals surface area (Å²) in [4.78, 5) is 17.0. The van der Waals surface area contributed by atoms with E-state index in [2.05, 4.69) is 10.3 Å². The Morgan fingerprint density at radius 1 is 1.28 bits per heavy atom. The van der Waals surface area contributed by atoms with Crippen LogP contribution in [0, 0.1) is 11.8 Å². The number of halogens is 2. The van der Waals surface area contributed by atoms with Gasteiger partial charge in [-0.2, -0.15) is 0 Å². The molecule has 7 heteroatoms. The first kappa shape index (κ1) is 22.0. The Morgan fingerprint density at radius 3 is 2.52 bits per heavy atom. The molecule has 0 aliphatic heterocycles. The molecule has 5 nitrogen and oxygen atoms in total. The molecule has 0 spiro atoms. The summed E-state index contributed by atoms with van der Waals surface area (Å²) in [6.45, 7) is 3.89. The lowest BCUT2D eigenvalue weighted by Crippen LogP contribution is -2.53. The van der Waals surface area contributed by atoms with Crippen LogP contribution >= 0.6 is 24.8 Å². The molecule has 25 heavy (non-hydrogen) atoms. The molecule has 1 heterocycles. The molecule has 2 bridgehead atoms. The summed E-state index contributed by atoms with van der Waals surface area (Å²) in [6, 6.07) is 4.11. The van der Waals surface area contributed by atoms with Crippen molar-refractivity contribution in [1.82, 2.24) is 10.3 Å². The van der Waals surface area contributed by atoms with Gasteiger partial charge >= 0.3 is 0 Å². The van der Waals surface area contributed by atoms with Gasteiger partial charge in [0.05, 0.1) is 6.10 Å². The first-order chi connectivity index (χ1) is 11.0. The highest BCUT2D eigenvalue weighted by atomic mass is 35.5. The quantitative estimate of drug-likeness (QED) is 0.827. The van der Waals surface area contributed by atoms with E-state index in [0.717, 1.165) is 25.7 Å². The molecule has 1 amide bonds. The molecule has 142 valence electrons. The molecular weight excluding hydrogens is 361 g/mol. The van der Waals surface area contributed by atoms with Gasteiger partial charge < -0.3 is 15.8 Å². The van der Waals surface area contributed by atoms with Crippen LogP contribution in [0.3, 0.4) is 0 Å². The second kappa shape index (κ2) is 9.60. The normalized spacial score (nSPS) is 27.7. The zero-order valence-corrected chi connectivity index (χ0v) is 16.4. The van der Waals surface area contributed by atoms with Crippen molar-refractivity contribution in [3.63, 3.8) is 0 Å². The van der Waals surface area contributed by atoms with Crippen LogP contribution in [0.5, 0.6) is 5.75 Å². The molecule has 0 aromatic carbocycles. The summed E-state index contributed by atoms with van der Waals surface area (Å²) in [5.41, 5.74) is 6.55. The Hall–Kier alpha value is -1.04. The summed E-state index contributed by atoms with van der Waals surface area (Å²) in [6.07, 6.45) is 7.24. The third-order valence-corrected chi connectivity index (χ3v) is 5.02. The van der Waals surface area contributed by atoms with Gasteiger partial charge in [0.25, 0.3) is 5.91 Å². The van der Waals surface area contributed by atoms with Gasteiger partial charge in [-0.05, 0) is 63.5 Å². The minimum absolute atomic E-state index is 0. The maximum Gasteiger partial charge on any atom is 0.273 e. The van der Waals surface area contributed by atoms with Gasteiger partial charge in [0.2, 0.25) is 0 Å². The maximum absolute atomic E-state index is 12.7. The van der Waals surface area contributed by atoms with Crippen LogP contribution in [0.4, 0.5) is 0 Å². The average molecular weight is 390 g/mol. The highest BCUT2D eigenvalue weighted by molar-refractivity contribution is 5.95. The average Bonchev–Trinajstić information content (AvgIpc) is 2.48. The molecule has 2 aliphatic carbocycles. The summed E-state index contributed by atoms with van der Waals surface area (Å²) in [7, 11) is 0. The topological polar surface area (TPSA) is 77.2 Å². The van der Waals surface area contributed by atoms with Gasteiger partial charge in [-0.25, -0.2) is 4.98 Å². The van der Waals surface area contributed by atoms with E-state index >= 15 is 0 Å². The van der Waals surface area contributed by atoms with E-state index in [1.54, 1.807) is 18.3 Å². The van der Waals surface area contributed by atoms with Gasteiger partial charge in [0.15, 0.2) is 11.4 Å². The number of carbonyl (C=O) groups is 1. The van der Waals surface area contributed by atoms with Crippen LogP contribution in [-0.4, -0.2) is 29.1 Å². The lowest BCUT2D eigenvalue weighted by atomic mass is 9.67. The molecule has 2 aliphatic rings. The molecule has 1 aromatic rings. The summed E-state index contributed by atoms with van der Waals surface area (Å²) in [5.74, 6) is 1.43. The summed E-state index contributed by atoms with van der Waals surface area (Å²) < 4.78 is 5.72. The van der Waals surface area contributed by atoms with Crippen molar-refractivity contribution in [1.29, 1.82) is 0 Å². The number of ether oxygens (including phenoxy) is 1. The van der Waals surface area contributed by atoms with Crippen LogP contribution < -0.4 is 15.8 Å². The lowest BCUT2D eigenvalue weighted by Gasteiger charge is -2.45. The zero-order valence-electron chi connectivity index (χ0n) is 14.8. The molecule has 1 aromatic heterocycles. The van der Waals surface area contributed by atoms with Crippen molar-refractivity contribution in [2.24, 2.45) is 17.6 Å². The number of hydrogen-bond donors (Lipinski definition) is 2. The van der Waals surface area contributed by atoms with Gasteiger partial charge in [-0.15, -0.1) is 24.8 Å². The van der Waals surface area contributed by atoms with E-state index < -0.39 is 0 Å². The largest absolute Gasteiger partial charge is 0.489 e. The second-order valence-electron chi connectivity index (χ2n) is 7.20. The Labute approximate surface area is 162 Å². The Kier molecular flexibility index (Phi) is 8.45. The molecule has 0 radical (unpaired) electrons. The van der Waals surface area contributed by atoms with Gasteiger partial charge in [0, 0.05) is 18.3 Å². The van der Waals surface area contributed by atoms with E-state index in [4.69, 9.17) is 10.5 Å². The number of carbonyl (C=O) groups excluding carboxylic acids is 1. The third kappa shape index (κ3) is 5.22. The first-order valence-corrected chi connectivity index (χ1v) is 8.72. The second-order valence-corrected chi connectivity index (χ2v) is 7.20. The predicted molar refractivity (Wildman–Crippen MR) is 104 cm³/mol. The highest BCUT2D eigenvalue weighted by Crippen LogP contribution is 2.39. The maximum atomic E-state index is 12.7. The Bertz CT molecular complexity index is 557. The minimum Gasteiger partial charge on any atom is -0.489 e. The number of nitrogens with zero attached hydrogens (tertiary/aromatic N) is 1. The number of pyridine rings is 1. The number of rotatable bonds is 4. The minimum atomic E-state index is -0.126. The van der Waals surface area contributed by atoms with Crippen molar-refractivity contribution in [3.05, 3.63) is 24.0 Å². The van der Waals surface area contributed by atoms with E-state index in [1.807, 2.05) is 13.8 Å². The molecule has 0 saturated heterocycles. The fourth-order valence-electron chi connectivity index (χ4n) is 4.15. The lowest BCUT2D eigenvalue weighted by molar-refractivity contribution is 0.0746. The van der Waals surface area contributed by atoms with Crippen molar-refractivity contribution >= 4 is 30.7 Å². The van der Waals surface area contributed by atoms with Gasteiger partial charge in [-0.3, -0.25) is 4.79 Å². The standard InChI is InChI=1S/C18H27N3O2.2ClH/c1-11(2)23-15-7-4-8-20-17(15)18(22)21-16-12-5-3-6-13(16)10-14(19)9-12;;/h4,7-8,11-14,16H,3,5-6,9-10,19H2,1-2H3,(H,21,22);2*1H. The number of nitrogens with two attached hydrogens (primary N) is 1. The molecule has 2 saturated carbocycles. The number of amides is 1. The predicted octanol–water partition coefficient (Wildman–Crippen LogP) is 3.35. The van der Waals surface area contributed by atoms with Gasteiger partial charge in [-0.1, -0.05) is 6.42 Å². The van der Waals surface area contributed by atoms with Crippen LogP contribution in [0.15, 0.2) is 18.3 Å². The summed E-state index contributed by atoms with van der Waals surface area (Å²) in [5, 5.41) is 3.23. The fourth-order valence-corrected chi connectivity index (χ4v) is 4.15. The Morgan fingerprint density at radius 2 is 1.92 bits per heavy atom. The molecular formula is C18H29Cl2N3O2. The molecule has 2 unspecified atom stereocenters. The van der Waals surface area contributed by atoms with Crippen LogP contribution in [0.25, 0.3) is 0 Å². The van der Waals surface area contributed by atoms with Crippen molar-refractivity contribution in [2.45, 2.75) is 64.1 Å². The smallest absolute Gasteiger partial charge is 0.273 e. The van der Waals surface area contributed by atoms with E-state index in [1.165, 1.54) is 6.42 Å². The van der Waals surface area contributed by atoms with Gasteiger partial charge in [0.1, 0.15) is 0 Å². The van der Waals surface area contributed by atoms with Crippen LogP contribution in [-0.2, 0) is 0 Å². The molecule has 3 rings (SSSR count). The monoisotopic (exact) mass is 389 g/mol. The van der Waals surface area contributed by atoms with E-state index in [-0.39, 0.29) is 48.9 Å². The van der Waals surface area contributed by atoms with Crippen LogP contribution in [0.1, 0.15) is 56.4 Å². The SMILES string of the molecule is CC(C)Oc1cccnc1C(=O)NC1C2CCCC1CC(N)C2.Cl.Cl. The summed E-state index contributed by atoms with van der Waals surface area (Å²) >= 11 is 0. The van der Waals surface area contributed by atoms with E-state index in [0.29, 0.717) is 23.3 Å².